The van der Waals surface area contributed by atoms with Crippen LogP contribution in [0.3, 0.4) is 0 Å². The van der Waals surface area contributed by atoms with Crippen LogP contribution in [0.5, 0.6) is 0 Å². The van der Waals surface area contributed by atoms with Crippen molar-refractivity contribution in [3.8, 4) is 0 Å². The Labute approximate surface area is 85.3 Å². The lowest BCUT2D eigenvalue weighted by Crippen LogP contribution is -2.14. The maximum atomic E-state index is 5.11. The van der Waals surface area contributed by atoms with Crippen molar-refractivity contribution in [1.29, 1.82) is 0 Å². The molecule has 0 radical (unpaired) electrons. The first kappa shape index (κ1) is 11.0. The summed E-state index contributed by atoms with van der Waals surface area (Å²) < 4.78 is 7.21. The highest BCUT2D eigenvalue weighted by molar-refractivity contribution is 5.26. The summed E-state index contributed by atoms with van der Waals surface area (Å²) in [4.78, 5) is 4.25. The summed E-state index contributed by atoms with van der Waals surface area (Å²) in [5.41, 5.74) is 0. The van der Waals surface area contributed by atoms with E-state index in [1.165, 1.54) is 0 Å². The van der Waals surface area contributed by atoms with Crippen LogP contribution in [-0.2, 0) is 4.74 Å². The zero-order chi connectivity index (χ0) is 10.4. The summed E-state index contributed by atoms with van der Waals surface area (Å²) in [6, 6.07) is 0.321. The van der Waals surface area contributed by atoms with Crippen LogP contribution < -0.4 is 5.32 Å². The molecule has 4 heteroatoms. The van der Waals surface area contributed by atoms with Gasteiger partial charge in [0.1, 0.15) is 0 Å². The summed E-state index contributed by atoms with van der Waals surface area (Å²) >= 11 is 0. The summed E-state index contributed by atoms with van der Waals surface area (Å²) in [6.07, 6.45) is 4.89. The molecular formula is C10H19N3O. The third kappa shape index (κ3) is 2.73. The molecule has 1 N–H and O–H groups in total. The first-order chi connectivity index (χ1) is 6.79. The summed E-state index contributed by atoms with van der Waals surface area (Å²) in [5.74, 6) is 0.927. The summed E-state index contributed by atoms with van der Waals surface area (Å²) in [6.45, 7) is 5.91. The molecule has 1 aromatic rings. The second kappa shape index (κ2) is 5.65. The van der Waals surface area contributed by atoms with E-state index < -0.39 is 0 Å². The van der Waals surface area contributed by atoms with Gasteiger partial charge in [0.25, 0.3) is 0 Å². The Hall–Kier alpha value is -1.03. The molecule has 0 aromatic carbocycles. The van der Waals surface area contributed by atoms with Crippen LogP contribution in [0.25, 0.3) is 0 Å². The number of nitrogens with one attached hydrogen (secondary N) is 1. The number of aromatic nitrogens is 2. The minimum Gasteiger partial charge on any atom is -0.383 e. The Kier molecular flexibility index (Phi) is 4.46. The Bertz CT molecular complexity index is 260. The van der Waals surface area contributed by atoms with Crippen molar-refractivity contribution < 1.29 is 4.74 Å². The van der Waals surface area contributed by atoms with Gasteiger partial charge in [-0.15, -0.1) is 0 Å². The van der Waals surface area contributed by atoms with Crippen molar-refractivity contribution in [3.05, 3.63) is 12.4 Å². The second-order valence-electron chi connectivity index (χ2n) is 3.39. The predicted octanol–water partition coefficient (Wildman–Crippen LogP) is 1.91. The van der Waals surface area contributed by atoms with Gasteiger partial charge in [-0.05, 0) is 13.3 Å². The molecule has 0 aliphatic heterocycles. The number of anilines is 1. The number of nitrogens with zero attached hydrogens (tertiary/aromatic N) is 2. The first-order valence-corrected chi connectivity index (χ1v) is 5.05. The highest BCUT2D eigenvalue weighted by Gasteiger charge is 2.08. The molecule has 0 fully saturated rings. The van der Waals surface area contributed by atoms with E-state index in [0.717, 1.165) is 18.9 Å². The number of hydrogen-bond donors (Lipinski definition) is 1. The molecule has 4 nitrogen and oxygen atoms in total. The summed E-state index contributed by atoms with van der Waals surface area (Å²) in [5, 5.41) is 3.28. The van der Waals surface area contributed by atoms with Gasteiger partial charge in [-0.2, -0.15) is 0 Å². The zero-order valence-corrected chi connectivity index (χ0v) is 9.16. The van der Waals surface area contributed by atoms with Gasteiger partial charge in [0.05, 0.1) is 12.6 Å². The maximum absolute atomic E-state index is 5.11. The van der Waals surface area contributed by atoms with E-state index in [2.05, 4.69) is 28.7 Å². The molecule has 0 aliphatic rings. The molecule has 0 bridgehead atoms. The second-order valence-corrected chi connectivity index (χ2v) is 3.39. The lowest BCUT2D eigenvalue weighted by Gasteiger charge is -2.15. The van der Waals surface area contributed by atoms with Gasteiger partial charge in [0, 0.05) is 26.0 Å². The van der Waals surface area contributed by atoms with Crippen LogP contribution in [0.15, 0.2) is 12.4 Å². The molecule has 1 unspecified atom stereocenters. The highest BCUT2D eigenvalue weighted by Crippen LogP contribution is 2.13. The minimum atomic E-state index is 0.321. The van der Waals surface area contributed by atoms with Crippen molar-refractivity contribution in [3.63, 3.8) is 0 Å². The van der Waals surface area contributed by atoms with Gasteiger partial charge >= 0.3 is 0 Å². The van der Waals surface area contributed by atoms with Crippen LogP contribution in [-0.4, -0.2) is 29.8 Å². The highest BCUT2D eigenvalue weighted by atomic mass is 16.5. The monoisotopic (exact) mass is 197 g/mol. The molecule has 1 heterocycles. The molecule has 1 atom stereocenters. The molecule has 0 spiro atoms. The van der Waals surface area contributed by atoms with Crippen molar-refractivity contribution in [2.24, 2.45) is 0 Å². The van der Waals surface area contributed by atoms with Crippen LogP contribution in [0, 0.1) is 0 Å². The van der Waals surface area contributed by atoms with Crippen molar-refractivity contribution in [1.82, 2.24) is 9.55 Å². The Morgan fingerprint density at radius 2 is 2.43 bits per heavy atom. The molecule has 0 saturated carbocycles. The topological polar surface area (TPSA) is 39.1 Å². The van der Waals surface area contributed by atoms with Gasteiger partial charge in [-0.25, -0.2) is 4.98 Å². The van der Waals surface area contributed by atoms with E-state index in [0.29, 0.717) is 12.6 Å². The van der Waals surface area contributed by atoms with Crippen molar-refractivity contribution >= 4 is 5.95 Å². The largest absolute Gasteiger partial charge is 0.383 e. The first-order valence-electron chi connectivity index (χ1n) is 5.05. The molecule has 80 valence electrons. The summed E-state index contributed by atoms with van der Waals surface area (Å²) in [7, 11) is 1.71. The molecule has 0 saturated heterocycles. The van der Waals surface area contributed by atoms with Crippen molar-refractivity contribution in [2.45, 2.75) is 26.3 Å². The Balaban J connectivity index is 2.61. The lowest BCUT2D eigenvalue weighted by molar-refractivity contribution is 0.163. The van der Waals surface area contributed by atoms with Gasteiger partial charge in [0.2, 0.25) is 5.95 Å². The van der Waals surface area contributed by atoms with Gasteiger partial charge in [0.15, 0.2) is 0 Å². The van der Waals surface area contributed by atoms with E-state index in [1.54, 1.807) is 7.11 Å². The molecule has 14 heavy (non-hydrogen) atoms. The maximum Gasteiger partial charge on any atom is 0.203 e. The van der Waals surface area contributed by atoms with Crippen molar-refractivity contribution in [2.75, 3.05) is 25.6 Å². The third-order valence-electron chi connectivity index (χ3n) is 2.08. The fourth-order valence-electron chi connectivity index (χ4n) is 1.36. The average molecular weight is 197 g/mol. The number of hydrogen-bond acceptors (Lipinski definition) is 3. The number of imidazole rings is 1. The average Bonchev–Trinajstić information content (AvgIpc) is 2.63. The Morgan fingerprint density at radius 3 is 3.07 bits per heavy atom. The van der Waals surface area contributed by atoms with E-state index in [-0.39, 0.29) is 0 Å². The molecule has 0 aliphatic carbocycles. The predicted molar refractivity (Wildman–Crippen MR) is 57.6 cm³/mol. The van der Waals surface area contributed by atoms with Crippen LogP contribution >= 0.6 is 0 Å². The minimum absolute atomic E-state index is 0.321. The van der Waals surface area contributed by atoms with Crippen LogP contribution in [0.1, 0.15) is 26.3 Å². The lowest BCUT2D eigenvalue weighted by atomic mass is 10.3. The number of ether oxygens (including phenoxy) is 1. The van der Waals surface area contributed by atoms with E-state index in [9.17, 15) is 0 Å². The number of methoxy groups -OCH3 is 1. The fourth-order valence-corrected chi connectivity index (χ4v) is 1.36. The standard InChI is InChI=1S/C10H19N3O/c1-4-5-11-10-12-6-7-13(10)9(2)8-14-3/h6-7,9H,4-5,8H2,1-3H3,(H,11,12). The van der Waals surface area contributed by atoms with Gasteiger partial charge < -0.3 is 14.6 Å². The smallest absolute Gasteiger partial charge is 0.203 e. The number of rotatable bonds is 6. The Morgan fingerprint density at radius 1 is 1.64 bits per heavy atom. The van der Waals surface area contributed by atoms with E-state index in [4.69, 9.17) is 4.74 Å². The zero-order valence-electron chi connectivity index (χ0n) is 9.16. The van der Waals surface area contributed by atoms with E-state index >= 15 is 0 Å². The molecule has 1 aromatic heterocycles. The van der Waals surface area contributed by atoms with Crippen LogP contribution in [0.4, 0.5) is 5.95 Å². The molecular weight excluding hydrogens is 178 g/mol. The van der Waals surface area contributed by atoms with Gasteiger partial charge in [-0.1, -0.05) is 6.92 Å². The fraction of sp³-hybridized carbons (Fsp3) is 0.700. The normalized spacial score (nSPS) is 12.8. The molecule has 1 rings (SSSR count). The molecule has 0 amide bonds. The third-order valence-corrected chi connectivity index (χ3v) is 2.08. The SMILES string of the molecule is CCCNc1nccn1C(C)COC. The van der Waals surface area contributed by atoms with Gasteiger partial charge in [-0.3, -0.25) is 0 Å². The van der Waals surface area contributed by atoms with E-state index in [1.807, 2.05) is 12.4 Å². The van der Waals surface area contributed by atoms with Crippen LogP contribution in [0.2, 0.25) is 0 Å². The quantitative estimate of drug-likeness (QED) is 0.757.